The van der Waals surface area contributed by atoms with Crippen molar-refractivity contribution in [3.63, 3.8) is 0 Å². The van der Waals surface area contributed by atoms with E-state index >= 15 is 0 Å². The molecule has 0 amide bonds. The average molecular weight is 376 g/mol. The normalized spacial score (nSPS) is 21.7. The van der Waals surface area contributed by atoms with Crippen LogP contribution in [0.5, 0.6) is 0 Å². The average Bonchev–Trinajstić information content (AvgIpc) is 2.40. The van der Waals surface area contributed by atoms with E-state index in [2.05, 4.69) is 20.8 Å². The van der Waals surface area contributed by atoms with E-state index in [0.29, 0.717) is 22.5 Å². The zero-order valence-corrected chi connectivity index (χ0v) is 15.0. The van der Waals surface area contributed by atoms with Crippen molar-refractivity contribution < 1.29 is 8.42 Å². The predicted molar refractivity (Wildman–Crippen MR) is 87.6 cm³/mol. The lowest BCUT2D eigenvalue weighted by atomic mass is 10.1. The molecule has 0 aromatic heterocycles. The minimum absolute atomic E-state index is 0.0394. The van der Waals surface area contributed by atoms with Crippen LogP contribution in [-0.2, 0) is 16.6 Å². The van der Waals surface area contributed by atoms with Crippen LogP contribution >= 0.6 is 15.9 Å². The maximum absolute atomic E-state index is 13.0. The Morgan fingerprint density at radius 1 is 1.38 bits per heavy atom. The molecule has 7 heteroatoms. The minimum atomic E-state index is -3.52. The Bertz CT molecular complexity index is 633. The SMILES string of the molecule is Cc1cc(CN)cc(S(=O)(=O)N2CCN(C)CC2C)c1Br. The van der Waals surface area contributed by atoms with Gasteiger partial charge in [-0.1, -0.05) is 6.07 Å². The van der Waals surface area contributed by atoms with Gasteiger partial charge in [-0.25, -0.2) is 8.42 Å². The van der Waals surface area contributed by atoms with Crippen LogP contribution in [0.1, 0.15) is 18.1 Å². The maximum Gasteiger partial charge on any atom is 0.244 e. The number of nitrogens with zero attached hydrogens (tertiary/aromatic N) is 2. The van der Waals surface area contributed by atoms with Crippen molar-refractivity contribution in [2.75, 3.05) is 26.7 Å². The van der Waals surface area contributed by atoms with E-state index in [1.54, 1.807) is 10.4 Å². The molecular formula is C14H22BrN3O2S. The molecule has 0 spiro atoms. The molecule has 2 rings (SSSR count). The summed E-state index contributed by atoms with van der Waals surface area (Å²) in [6.45, 7) is 6.16. The fourth-order valence-corrected chi connectivity index (χ4v) is 5.37. The molecule has 1 heterocycles. The topological polar surface area (TPSA) is 66.6 Å². The van der Waals surface area contributed by atoms with Gasteiger partial charge in [0, 0.05) is 36.7 Å². The summed E-state index contributed by atoms with van der Waals surface area (Å²) in [6.07, 6.45) is 0. The van der Waals surface area contributed by atoms with Crippen molar-refractivity contribution in [1.82, 2.24) is 9.21 Å². The smallest absolute Gasteiger partial charge is 0.244 e. The third kappa shape index (κ3) is 3.32. The number of nitrogens with two attached hydrogens (primary N) is 1. The fraction of sp³-hybridized carbons (Fsp3) is 0.571. The highest BCUT2D eigenvalue weighted by atomic mass is 79.9. The molecule has 0 saturated carbocycles. The number of benzene rings is 1. The molecule has 118 valence electrons. The number of piperazine rings is 1. The zero-order valence-electron chi connectivity index (χ0n) is 12.6. The van der Waals surface area contributed by atoms with Crippen LogP contribution in [0.3, 0.4) is 0 Å². The predicted octanol–water partition coefficient (Wildman–Crippen LogP) is 1.54. The van der Waals surface area contributed by atoms with E-state index in [0.717, 1.165) is 24.2 Å². The van der Waals surface area contributed by atoms with E-state index in [4.69, 9.17) is 5.73 Å². The summed E-state index contributed by atoms with van der Waals surface area (Å²) in [5, 5.41) is 0. The van der Waals surface area contributed by atoms with Crippen molar-refractivity contribution in [3.8, 4) is 0 Å². The molecule has 1 aliphatic rings. The molecule has 1 fully saturated rings. The van der Waals surface area contributed by atoms with Crippen molar-refractivity contribution in [2.45, 2.75) is 31.3 Å². The summed E-state index contributed by atoms with van der Waals surface area (Å²) in [5.74, 6) is 0. The van der Waals surface area contributed by atoms with E-state index in [-0.39, 0.29) is 6.04 Å². The van der Waals surface area contributed by atoms with Crippen LogP contribution < -0.4 is 5.73 Å². The molecule has 2 N–H and O–H groups in total. The number of hydrogen-bond acceptors (Lipinski definition) is 4. The van der Waals surface area contributed by atoms with Crippen LogP contribution in [-0.4, -0.2) is 50.3 Å². The Morgan fingerprint density at radius 2 is 2.05 bits per heavy atom. The van der Waals surface area contributed by atoms with Crippen LogP contribution in [0, 0.1) is 6.92 Å². The Hall–Kier alpha value is -0.470. The van der Waals surface area contributed by atoms with Gasteiger partial charge < -0.3 is 10.6 Å². The number of rotatable bonds is 3. The molecule has 1 unspecified atom stereocenters. The van der Waals surface area contributed by atoms with Gasteiger partial charge in [0.05, 0.1) is 4.90 Å². The van der Waals surface area contributed by atoms with Crippen LogP contribution in [0.2, 0.25) is 0 Å². The van der Waals surface area contributed by atoms with Gasteiger partial charge in [-0.2, -0.15) is 4.31 Å². The summed E-state index contributed by atoms with van der Waals surface area (Å²) in [7, 11) is -1.51. The lowest BCUT2D eigenvalue weighted by molar-refractivity contribution is 0.170. The highest BCUT2D eigenvalue weighted by Gasteiger charge is 2.34. The van der Waals surface area contributed by atoms with Gasteiger partial charge in [0.2, 0.25) is 10.0 Å². The summed E-state index contributed by atoms with van der Waals surface area (Å²) in [4.78, 5) is 2.46. The van der Waals surface area contributed by atoms with E-state index < -0.39 is 10.0 Å². The first-order valence-electron chi connectivity index (χ1n) is 6.97. The molecular weight excluding hydrogens is 354 g/mol. The Balaban J connectivity index is 2.47. The third-order valence-corrected chi connectivity index (χ3v) is 7.23. The van der Waals surface area contributed by atoms with Crippen LogP contribution in [0.25, 0.3) is 0 Å². The van der Waals surface area contributed by atoms with Crippen LogP contribution in [0.15, 0.2) is 21.5 Å². The molecule has 5 nitrogen and oxygen atoms in total. The molecule has 1 aliphatic heterocycles. The van der Waals surface area contributed by atoms with Gasteiger partial charge in [0.1, 0.15) is 0 Å². The maximum atomic E-state index is 13.0. The van der Waals surface area contributed by atoms with E-state index in [1.807, 2.05) is 27.0 Å². The van der Waals surface area contributed by atoms with Crippen molar-refractivity contribution in [2.24, 2.45) is 5.73 Å². The quantitative estimate of drug-likeness (QED) is 0.869. The standard InChI is InChI=1S/C14H22BrN3O2S/c1-10-6-12(8-16)7-13(14(10)15)21(19,20)18-5-4-17(3)9-11(18)2/h6-7,11H,4-5,8-9,16H2,1-3H3. The Labute approximate surface area is 135 Å². The van der Waals surface area contributed by atoms with Crippen molar-refractivity contribution in [3.05, 3.63) is 27.7 Å². The number of aryl methyl sites for hydroxylation is 1. The summed E-state index contributed by atoms with van der Waals surface area (Å²) >= 11 is 3.42. The van der Waals surface area contributed by atoms with Gasteiger partial charge in [-0.3, -0.25) is 0 Å². The first-order valence-corrected chi connectivity index (χ1v) is 9.20. The first-order chi connectivity index (χ1) is 9.77. The fourth-order valence-electron chi connectivity index (χ4n) is 2.72. The summed E-state index contributed by atoms with van der Waals surface area (Å²) in [6, 6.07) is 3.55. The molecule has 0 radical (unpaired) electrons. The Morgan fingerprint density at radius 3 is 2.62 bits per heavy atom. The largest absolute Gasteiger partial charge is 0.326 e. The second-order valence-corrected chi connectivity index (χ2v) is 8.31. The molecule has 1 saturated heterocycles. The second kappa shape index (κ2) is 6.34. The summed E-state index contributed by atoms with van der Waals surface area (Å²) in [5.41, 5.74) is 7.39. The highest BCUT2D eigenvalue weighted by molar-refractivity contribution is 9.10. The van der Waals surface area contributed by atoms with Gasteiger partial charge in [0.25, 0.3) is 0 Å². The number of likely N-dealkylation sites (N-methyl/N-ethyl adjacent to an activating group) is 1. The monoisotopic (exact) mass is 375 g/mol. The van der Waals surface area contributed by atoms with Gasteiger partial charge in [-0.05, 0) is 54.0 Å². The zero-order chi connectivity index (χ0) is 15.8. The highest BCUT2D eigenvalue weighted by Crippen LogP contribution is 2.31. The van der Waals surface area contributed by atoms with Gasteiger partial charge in [0.15, 0.2) is 0 Å². The molecule has 0 aliphatic carbocycles. The lowest BCUT2D eigenvalue weighted by Gasteiger charge is -2.37. The van der Waals surface area contributed by atoms with E-state index in [1.165, 1.54) is 0 Å². The second-order valence-electron chi connectivity index (χ2n) is 5.66. The third-order valence-electron chi connectivity index (χ3n) is 3.87. The molecule has 21 heavy (non-hydrogen) atoms. The van der Waals surface area contributed by atoms with Crippen molar-refractivity contribution in [1.29, 1.82) is 0 Å². The van der Waals surface area contributed by atoms with E-state index in [9.17, 15) is 8.42 Å². The van der Waals surface area contributed by atoms with Gasteiger partial charge >= 0.3 is 0 Å². The Kier molecular flexibility index (Phi) is 5.10. The van der Waals surface area contributed by atoms with Crippen molar-refractivity contribution >= 4 is 26.0 Å². The lowest BCUT2D eigenvalue weighted by Crippen LogP contribution is -2.52. The van der Waals surface area contributed by atoms with Crippen LogP contribution in [0.4, 0.5) is 0 Å². The number of halogens is 1. The van der Waals surface area contributed by atoms with Gasteiger partial charge in [-0.15, -0.1) is 0 Å². The summed E-state index contributed by atoms with van der Waals surface area (Å²) < 4.78 is 28.2. The number of sulfonamides is 1. The molecule has 1 aromatic carbocycles. The molecule has 1 aromatic rings. The molecule has 1 atom stereocenters. The first kappa shape index (κ1) is 16.9. The number of hydrogen-bond donors (Lipinski definition) is 1. The minimum Gasteiger partial charge on any atom is -0.326 e. The molecule has 0 bridgehead atoms.